The van der Waals surface area contributed by atoms with Crippen molar-refractivity contribution in [1.29, 1.82) is 0 Å². The van der Waals surface area contributed by atoms with Gasteiger partial charge in [-0.25, -0.2) is 4.98 Å². The van der Waals surface area contributed by atoms with Crippen molar-refractivity contribution in [3.05, 3.63) is 45.9 Å². The summed E-state index contributed by atoms with van der Waals surface area (Å²) in [4.78, 5) is 32.7. The van der Waals surface area contributed by atoms with Gasteiger partial charge in [0.05, 0.1) is 6.54 Å². The van der Waals surface area contributed by atoms with Crippen LogP contribution in [0.4, 0.5) is 5.13 Å². The van der Waals surface area contributed by atoms with Gasteiger partial charge in [0.1, 0.15) is 0 Å². The van der Waals surface area contributed by atoms with Crippen LogP contribution in [0.15, 0.2) is 30.5 Å². The van der Waals surface area contributed by atoms with Crippen LogP contribution in [-0.2, 0) is 16.0 Å². The van der Waals surface area contributed by atoms with Crippen molar-refractivity contribution in [1.82, 2.24) is 14.8 Å². The third-order valence-corrected chi connectivity index (χ3v) is 5.59. The van der Waals surface area contributed by atoms with E-state index in [0.717, 1.165) is 15.5 Å². The number of aromatic nitrogens is 1. The zero-order chi connectivity index (χ0) is 18.5. The number of halogens is 1. The molecule has 8 heteroatoms. The van der Waals surface area contributed by atoms with Gasteiger partial charge in [-0.1, -0.05) is 29.8 Å². The molecule has 0 saturated carbocycles. The van der Waals surface area contributed by atoms with Crippen molar-refractivity contribution in [2.75, 3.05) is 38.0 Å². The molecule has 26 heavy (non-hydrogen) atoms. The Morgan fingerprint density at radius 2 is 1.96 bits per heavy atom. The van der Waals surface area contributed by atoms with Crippen LogP contribution in [0.5, 0.6) is 0 Å². The third-order valence-electron chi connectivity index (χ3n) is 4.31. The van der Waals surface area contributed by atoms with Crippen LogP contribution in [0.1, 0.15) is 17.4 Å². The summed E-state index contributed by atoms with van der Waals surface area (Å²) in [6.07, 6.45) is 2.47. The van der Waals surface area contributed by atoms with Crippen molar-refractivity contribution in [3.63, 3.8) is 0 Å². The first-order valence-electron chi connectivity index (χ1n) is 8.47. The fourth-order valence-corrected chi connectivity index (χ4v) is 3.91. The number of hydrogen-bond donors (Lipinski definition) is 1. The highest BCUT2D eigenvalue weighted by molar-refractivity contribution is 7.15. The van der Waals surface area contributed by atoms with Crippen LogP contribution in [0, 0.1) is 0 Å². The molecule has 1 fully saturated rings. The number of piperazine rings is 1. The first-order chi connectivity index (χ1) is 12.5. The normalized spacial score (nSPS) is 15.1. The zero-order valence-electron chi connectivity index (χ0n) is 14.6. The van der Waals surface area contributed by atoms with Gasteiger partial charge in [0.25, 0.3) is 0 Å². The molecule has 1 aliphatic rings. The maximum atomic E-state index is 12.2. The summed E-state index contributed by atoms with van der Waals surface area (Å²) >= 11 is 7.65. The van der Waals surface area contributed by atoms with E-state index < -0.39 is 0 Å². The van der Waals surface area contributed by atoms with Gasteiger partial charge >= 0.3 is 0 Å². The summed E-state index contributed by atoms with van der Waals surface area (Å²) in [6, 6.07) is 7.71. The number of anilines is 1. The summed E-state index contributed by atoms with van der Waals surface area (Å²) in [7, 11) is 0. The van der Waals surface area contributed by atoms with E-state index in [1.165, 1.54) is 11.3 Å². The molecule has 0 bridgehead atoms. The van der Waals surface area contributed by atoms with Gasteiger partial charge < -0.3 is 10.2 Å². The smallest absolute Gasteiger partial charge is 0.240 e. The second kappa shape index (κ2) is 8.62. The van der Waals surface area contributed by atoms with Crippen molar-refractivity contribution in [2.24, 2.45) is 0 Å². The predicted molar refractivity (Wildman–Crippen MR) is 104 cm³/mol. The van der Waals surface area contributed by atoms with E-state index in [1.54, 1.807) is 18.0 Å². The molecule has 3 rings (SSSR count). The van der Waals surface area contributed by atoms with Crippen LogP contribution >= 0.6 is 22.9 Å². The van der Waals surface area contributed by atoms with E-state index in [9.17, 15) is 9.59 Å². The third kappa shape index (κ3) is 5.03. The summed E-state index contributed by atoms with van der Waals surface area (Å²) in [5.74, 6) is 0.00264. The minimum atomic E-state index is -0.0834. The molecular formula is C18H21ClN4O2S. The van der Waals surface area contributed by atoms with Crippen LogP contribution in [0.3, 0.4) is 0 Å². The molecule has 1 aromatic heterocycles. The lowest BCUT2D eigenvalue weighted by molar-refractivity contribution is -0.130. The number of carbonyl (C=O) groups excluding carboxylic acids is 2. The molecular weight excluding hydrogens is 372 g/mol. The summed E-state index contributed by atoms with van der Waals surface area (Å²) in [5.41, 5.74) is 1.04. The fraction of sp³-hybridized carbons (Fsp3) is 0.389. The molecule has 2 heterocycles. The van der Waals surface area contributed by atoms with E-state index in [-0.39, 0.29) is 11.8 Å². The summed E-state index contributed by atoms with van der Waals surface area (Å²) in [5, 5.41) is 4.19. The first-order valence-corrected chi connectivity index (χ1v) is 9.66. The number of carbonyl (C=O) groups is 2. The number of rotatable bonds is 5. The monoisotopic (exact) mass is 392 g/mol. The van der Waals surface area contributed by atoms with Gasteiger partial charge in [-0.05, 0) is 11.6 Å². The Kier molecular flexibility index (Phi) is 6.24. The Morgan fingerprint density at radius 3 is 2.65 bits per heavy atom. The molecule has 0 unspecified atom stereocenters. The molecule has 1 N–H and O–H groups in total. The maximum Gasteiger partial charge on any atom is 0.240 e. The number of nitrogens with one attached hydrogen (secondary N) is 1. The molecule has 1 aromatic carbocycles. The van der Waals surface area contributed by atoms with Crippen molar-refractivity contribution >= 4 is 39.9 Å². The summed E-state index contributed by atoms with van der Waals surface area (Å²) < 4.78 is 0. The van der Waals surface area contributed by atoms with Gasteiger partial charge in [0.15, 0.2) is 5.13 Å². The average Bonchev–Trinajstić information content (AvgIpc) is 3.04. The molecule has 138 valence electrons. The maximum absolute atomic E-state index is 12.2. The predicted octanol–water partition coefficient (Wildman–Crippen LogP) is 2.49. The van der Waals surface area contributed by atoms with E-state index >= 15 is 0 Å². The van der Waals surface area contributed by atoms with Crippen LogP contribution in [0.25, 0.3) is 0 Å². The second-order valence-electron chi connectivity index (χ2n) is 6.23. The summed E-state index contributed by atoms with van der Waals surface area (Å²) in [6.45, 7) is 4.64. The van der Waals surface area contributed by atoms with Gasteiger partial charge in [-0.15, -0.1) is 11.3 Å². The average molecular weight is 393 g/mol. The van der Waals surface area contributed by atoms with Crippen molar-refractivity contribution in [3.8, 4) is 0 Å². The number of thiazole rings is 1. The van der Waals surface area contributed by atoms with Crippen LogP contribution < -0.4 is 5.32 Å². The van der Waals surface area contributed by atoms with E-state index in [4.69, 9.17) is 11.6 Å². The van der Waals surface area contributed by atoms with E-state index in [0.29, 0.717) is 44.3 Å². The van der Waals surface area contributed by atoms with Gasteiger partial charge in [0.2, 0.25) is 11.8 Å². The van der Waals surface area contributed by atoms with E-state index in [1.807, 2.05) is 29.2 Å². The molecule has 0 atom stereocenters. The molecule has 0 aliphatic carbocycles. The Labute approximate surface area is 161 Å². The lowest BCUT2D eigenvalue weighted by atomic mass is 10.1. The number of nitrogens with zero attached hydrogens (tertiary/aromatic N) is 3. The lowest BCUT2D eigenvalue weighted by Crippen LogP contribution is -2.49. The Hall–Kier alpha value is -1.96. The Balaban J connectivity index is 1.49. The minimum absolute atomic E-state index is 0.0834. The number of benzene rings is 1. The quantitative estimate of drug-likeness (QED) is 0.849. The van der Waals surface area contributed by atoms with E-state index in [2.05, 4.69) is 10.3 Å². The standard InChI is InChI=1S/C18H21ClN4O2S/c1-13(24)23-8-6-22(7-9-23)12-17(25)21-18-20-11-15(26-18)10-14-4-2-3-5-16(14)19/h2-5,11H,6-10,12H2,1H3,(H,20,21,25). The lowest BCUT2D eigenvalue weighted by Gasteiger charge is -2.33. The highest BCUT2D eigenvalue weighted by Gasteiger charge is 2.20. The number of amides is 2. The van der Waals surface area contributed by atoms with Crippen LogP contribution in [0.2, 0.25) is 5.02 Å². The Bertz CT molecular complexity index is 787. The van der Waals surface area contributed by atoms with Crippen molar-refractivity contribution in [2.45, 2.75) is 13.3 Å². The first kappa shape index (κ1) is 18.8. The van der Waals surface area contributed by atoms with Crippen molar-refractivity contribution < 1.29 is 9.59 Å². The number of hydrogen-bond acceptors (Lipinski definition) is 5. The Morgan fingerprint density at radius 1 is 1.23 bits per heavy atom. The largest absolute Gasteiger partial charge is 0.340 e. The van der Waals surface area contributed by atoms with Gasteiger partial charge in [-0.2, -0.15) is 0 Å². The van der Waals surface area contributed by atoms with Crippen LogP contribution in [-0.4, -0.2) is 59.3 Å². The zero-order valence-corrected chi connectivity index (χ0v) is 16.1. The molecule has 1 aliphatic heterocycles. The minimum Gasteiger partial charge on any atom is -0.340 e. The van der Waals surface area contributed by atoms with Gasteiger partial charge in [-0.3, -0.25) is 14.5 Å². The fourth-order valence-electron chi connectivity index (χ4n) is 2.86. The highest BCUT2D eigenvalue weighted by Crippen LogP contribution is 2.24. The topological polar surface area (TPSA) is 65.5 Å². The molecule has 2 aromatic rings. The molecule has 0 radical (unpaired) electrons. The highest BCUT2D eigenvalue weighted by atomic mass is 35.5. The SMILES string of the molecule is CC(=O)N1CCN(CC(=O)Nc2ncc(Cc3ccccc3Cl)s2)CC1. The molecule has 2 amide bonds. The van der Waals surface area contributed by atoms with Gasteiger partial charge in [0, 0.05) is 55.6 Å². The second-order valence-corrected chi connectivity index (χ2v) is 7.75. The molecule has 1 saturated heterocycles. The molecule has 6 nitrogen and oxygen atoms in total. The molecule has 0 spiro atoms.